The van der Waals surface area contributed by atoms with Gasteiger partial charge < -0.3 is 19.7 Å². The van der Waals surface area contributed by atoms with Crippen LogP contribution >= 0.6 is 0 Å². The summed E-state index contributed by atoms with van der Waals surface area (Å²) in [5.41, 5.74) is 1.32. The zero-order valence-electron chi connectivity index (χ0n) is 15.0. The van der Waals surface area contributed by atoms with Gasteiger partial charge in [0.05, 0.1) is 0 Å². The lowest BCUT2D eigenvalue weighted by molar-refractivity contribution is -0.127. The summed E-state index contributed by atoms with van der Waals surface area (Å²) in [4.78, 5) is 19.2. The lowest BCUT2D eigenvalue weighted by atomic mass is 9.91. The summed E-state index contributed by atoms with van der Waals surface area (Å²) >= 11 is 0. The fourth-order valence-corrected chi connectivity index (χ4v) is 3.30. The highest BCUT2D eigenvalue weighted by Gasteiger charge is 2.31. The quantitative estimate of drug-likeness (QED) is 0.841. The van der Waals surface area contributed by atoms with E-state index in [1.165, 1.54) is 0 Å². The average Bonchev–Trinajstić information content (AvgIpc) is 3.06. The molecule has 6 heteroatoms. The van der Waals surface area contributed by atoms with E-state index in [2.05, 4.69) is 15.2 Å². The number of aromatic nitrogens is 1. The van der Waals surface area contributed by atoms with Crippen molar-refractivity contribution in [3.63, 3.8) is 0 Å². The number of nitrogens with zero attached hydrogens (tertiary/aromatic N) is 2. The molecular weight excluding hydrogens is 318 g/mol. The molecular formula is C19H27N3O3. The highest BCUT2D eigenvalue weighted by atomic mass is 16.4. The minimum absolute atomic E-state index is 0.00481. The third-order valence-corrected chi connectivity index (χ3v) is 5.29. The molecule has 2 N–H and O–H groups in total. The summed E-state index contributed by atoms with van der Waals surface area (Å²) in [6.07, 6.45) is 2.95. The van der Waals surface area contributed by atoms with Crippen LogP contribution in [0.2, 0.25) is 0 Å². The number of hydrogen-bond acceptors (Lipinski definition) is 5. The van der Waals surface area contributed by atoms with Crippen LogP contribution in [-0.4, -0.2) is 41.2 Å². The Kier molecular flexibility index (Phi) is 5.27. The Morgan fingerprint density at radius 3 is 2.76 bits per heavy atom. The van der Waals surface area contributed by atoms with Gasteiger partial charge in [-0.25, -0.2) is 0 Å². The summed E-state index contributed by atoms with van der Waals surface area (Å²) in [5.74, 6) is 0.0974. The van der Waals surface area contributed by atoms with Gasteiger partial charge in [0.1, 0.15) is 5.52 Å². The standard InChI is InChI=1S/C19H27N3O3/c1-3-19(2,10-13-23)21-17(24)14-8-11-22(12-9-14)18-20-15-6-4-5-7-16(15)25-18/h4-7,14,23H,3,8-13H2,1-2H3,(H,21,24). The molecule has 1 aliphatic heterocycles. The number of piperidine rings is 1. The van der Waals surface area contributed by atoms with E-state index < -0.39 is 0 Å². The lowest BCUT2D eigenvalue weighted by Gasteiger charge is -2.34. The zero-order valence-corrected chi connectivity index (χ0v) is 15.0. The molecule has 3 rings (SSSR count). The first kappa shape index (κ1) is 17.7. The molecule has 6 nitrogen and oxygen atoms in total. The molecule has 1 aromatic carbocycles. The Balaban J connectivity index is 1.58. The molecule has 136 valence electrons. The second kappa shape index (κ2) is 7.44. The van der Waals surface area contributed by atoms with Crippen LogP contribution in [0.3, 0.4) is 0 Å². The minimum Gasteiger partial charge on any atom is -0.423 e. The Labute approximate surface area is 148 Å². The molecule has 0 saturated carbocycles. The van der Waals surface area contributed by atoms with Crippen molar-refractivity contribution in [2.75, 3.05) is 24.6 Å². The molecule has 1 aromatic heterocycles. The maximum absolute atomic E-state index is 12.6. The monoisotopic (exact) mass is 345 g/mol. The van der Waals surface area contributed by atoms with Crippen LogP contribution in [0, 0.1) is 5.92 Å². The summed E-state index contributed by atoms with van der Waals surface area (Å²) in [6, 6.07) is 8.38. The molecule has 1 atom stereocenters. The van der Waals surface area contributed by atoms with Crippen molar-refractivity contribution in [3.05, 3.63) is 24.3 Å². The molecule has 0 aliphatic carbocycles. The topological polar surface area (TPSA) is 78.6 Å². The fourth-order valence-electron chi connectivity index (χ4n) is 3.30. The van der Waals surface area contributed by atoms with Gasteiger partial charge in [-0.15, -0.1) is 0 Å². The van der Waals surface area contributed by atoms with Crippen molar-refractivity contribution < 1.29 is 14.3 Å². The van der Waals surface area contributed by atoms with Crippen molar-refractivity contribution in [2.24, 2.45) is 5.92 Å². The van der Waals surface area contributed by atoms with Crippen molar-refractivity contribution in [1.29, 1.82) is 0 Å². The van der Waals surface area contributed by atoms with Crippen LogP contribution < -0.4 is 10.2 Å². The van der Waals surface area contributed by atoms with Gasteiger partial charge in [-0.1, -0.05) is 19.1 Å². The van der Waals surface area contributed by atoms with Gasteiger partial charge in [0.2, 0.25) is 5.91 Å². The number of para-hydroxylation sites is 2. The Bertz CT molecular complexity index is 689. The van der Waals surface area contributed by atoms with E-state index in [0.717, 1.165) is 43.5 Å². The molecule has 1 amide bonds. The SMILES string of the molecule is CCC(C)(CCO)NC(=O)C1CCN(c2nc3ccccc3o2)CC1. The predicted octanol–water partition coefficient (Wildman–Crippen LogP) is 2.71. The first-order chi connectivity index (χ1) is 12.0. The molecule has 2 aromatic rings. The van der Waals surface area contributed by atoms with Crippen LogP contribution in [0.5, 0.6) is 0 Å². The first-order valence-electron chi connectivity index (χ1n) is 9.08. The number of benzene rings is 1. The Morgan fingerprint density at radius 1 is 1.40 bits per heavy atom. The van der Waals surface area contributed by atoms with E-state index in [9.17, 15) is 9.90 Å². The average molecular weight is 345 g/mol. The number of aliphatic hydroxyl groups excluding tert-OH is 1. The molecule has 0 bridgehead atoms. The van der Waals surface area contributed by atoms with E-state index in [0.29, 0.717) is 12.4 Å². The molecule has 1 aliphatic rings. The number of nitrogens with one attached hydrogen (secondary N) is 1. The molecule has 1 unspecified atom stereocenters. The third-order valence-electron chi connectivity index (χ3n) is 5.29. The number of oxazole rings is 1. The molecule has 1 fully saturated rings. The molecule has 0 radical (unpaired) electrons. The number of carbonyl (C=O) groups is 1. The van der Waals surface area contributed by atoms with Crippen LogP contribution in [0.4, 0.5) is 6.01 Å². The van der Waals surface area contributed by atoms with E-state index >= 15 is 0 Å². The van der Waals surface area contributed by atoms with Crippen LogP contribution in [0.1, 0.15) is 39.5 Å². The third kappa shape index (κ3) is 3.95. The van der Waals surface area contributed by atoms with Gasteiger partial charge >= 0.3 is 0 Å². The van der Waals surface area contributed by atoms with E-state index in [1.54, 1.807) is 0 Å². The minimum atomic E-state index is -0.330. The second-order valence-corrected chi connectivity index (χ2v) is 7.10. The summed E-state index contributed by atoms with van der Waals surface area (Å²) in [5, 5.41) is 12.3. The number of anilines is 1. The van der Waals surface area contributed by atoms with Gasteiger partial charge in [0.15, 0.2) is 5.58 Å². The van der Waals surface area contributed by atoms with Crippen molar-refractivity contribution >= 4 is 23.0 Å². The van der Waals surface area contributed by atoms with Gasteiger partial charge in [0.25, 0.3) is 6.01 Å². The van der Waals surface area contributed by atoms with Gasteiger partial charge in [-0.05, 0) is 44.7 Å². The maximum Gasteiger partial charge on any atom is 0.298 e. The van der Waals surface area contributed by atoms with E-state index in [-0.39, 0.29) is 24.0 Å². The van der Waals surface area contributed by atoms with Gasteiger partial charge in [-0.2, -0.15) is 4.98 Å². The number of hydrogen-bond donors (Lipinski definition) is 2. The highest BCUT2D eigenvalue weighted by molar-refractivity contribution is 5.80. The summed E-state index contributed by atoms with van der Waals surface area (Å²) in [7, 11) is 0. The first-order valence-corrected chi connectivity index (χ1v) is 9.08. The van der Waals surface area contributed by atoms with Crippen molar-refractivity contribution in [1.82, 2.24) is 10.3 Å². The molecule has 25 heavy (non-hydrogen) atoms. The summed E-state index contributed by atoms with van der Waals surface area (Å²) < 4.78 is 5.82. The van der Waals surface area contributed by atoms with Gasteiger partial charge in [0, 0.05) is 31.2 Å². The highest BCUT2D eigenvalue weighted by Crippen LogP contribution is 2.27. The lowest BCUT2D eigenvalue weighted by Crippen LogP contribution is -2.50. The smallest absolute Gasteiger partial charge is 0.298 e. The molecule has 2 heterocycles. The molecule has 0 spiro atoms. The van der Waals surface area contributed by atoms with E-state index in [4.69, 9.17) is 4.42 Å². The number of aliphatic hydroxyl groups is 1. The van der Waals surface area contributed by atoms with Crippen molar-refractivity contribution in [3.8, 4) is 0 Å². The Hall–Kier alpha value is -2.08. The predicted molar refractivity (Wildman–Crippen MR) is 97.5 cm³/mol. The van der Waals surface area contributed by atoms with Crippen LogP contribution in [-0.2, 0) is 4.79 Å². The van der Waals surface area contributed by atoms with Crippen LogP contribution in [0.25, 0.3) is 11.1 Å². The number of rotatable bonds is 6. The maximum atomic E-state index is 12.6. The number of amides is 1. The van der Waals surface area contributed by atoms with E-state index in [1.807, 2.05) is 38.1 Å². The second-order valence-electron chi connectivity index (χ2n) is 7.10. The van der Waals surface area contributed by atoms with Crippen molar-refractivity contribution in [2.45, 2.75) is 45.1 Å². The van der Waals surface area contributed by atoms with Gasteiger partial charge in [-0.3, -0.25) is 4.79 Å². The Morgan fingerprint density at radius 2 is 2.12 bits per heavy atom. The normalized spacial score (nSPS) is 18.3. The number of fused-ring (bicyclic) bond motifs is 1. The zero-order chi connectivity index (χ0) is 17.9. The fraction of sp³-hybridized carbons (Fsp3) is 0.579. The number of carbonyl (C=O) groups excluding carboxylic acids is 1. The largest absolute Gasteiger partial charge is 0.423 e. The summed E-state index contributed by atoms with van der Waals surface area (Å²) in [6.45, 7) is 5.63. The molecule has 1 saturated heterocycles. The van der Waals surface area contributed by atoms with Crippen LogP contribution in [0.15, 0.2) is 28.7 Å².